The lowest BCUT2D eigenvalue weighted by Gasteiger charge is -2.24. The van der Waals surface area contributed by atoms with E-state index in [1.54, 1.807) is 0 Å². The molecule has 1 atom stereocenters. The van der Waals surface area contributed by atoms with Crippen molar-refractivity contribution in [2.75, 3.05) is 0 Å². The maximum atomic E-state index is 5.42. The van der Waals surface area contributed by atoms with Crippen molar-refractivity contribution in [3.05, 3.63) is 34.9 Å². The van der Waals surface area contributed by atoms with E-state index in [2.05, 4.69) is 63.3 Å². The summed E-state index contributed by atoms with van der Waals surface area (Å²) in [7, 11) is 3.21. The van der Waals surface area contributed by atoms with Crippen LogP contribution >= 0.6 is 0 Å². The van der Waals surface area contributed by atoms with Gasteiger partial charge >= 0.3 is 0 Å². The summed E-state index contributed by atoms with van der Waals surface area (Å²) in [6.07, 6.45) is 1.12. The molecule has 0 amide bonds. The highest BCUT2D eigenvalue weighted by atomic mass is 28.2. The minimum absolute atomic E-state index is 0.141. The summed E-state index contributed by atoms with van der Waals surface area (Å²) >= 11 is 0. The van der Waals surface area contributed by atoms with Crippen molar-refractivity contribution in [3.63, 3.8) is 0 Å². The van der Waals surface area contributed by atoms with E-state index in [-0.39, 0.29) is 6.10 Å². The Morgan fingerprint density at radius 2 is 1.65 bits per heavy atom. The van der Waals surface area contributed by atoms with Gasteiger partial charge in [-0.15, -0.1) is 0 Å². The van der Waals surface area contributed by atoms with Crippen molar-refractivity contribution in [1.82, 2.24) is 0 Å². The van der Waals surface area contributed by atoms with Gasteiger partial charge in [-0.25, -0.2) is 0 Å². The van der Waals surface area contributed by atoms with Crippen LogP contribution in [0.5, 0.6) is 0 Å². The third-order valence-electron chi connectivity index (χ3n) is 3.23. The second-order valence-electron chi connectivity index (χ2n) is 5.17. The van der Waals surface area contributed by atoms with Gasteiger partial charge in [0.15, 0.2) is 0 Å². The first-order valence-electron chi connectivity index (χ1n) is 6.47. The van der Waals surface area contributed by atoms with Crippen LogP contribution in [-0.4, -0.2) is 10.5 Å². The molecule has 0 aliphatic heterocycles. The number of hydrogen-bond donors (Lipinski definition) is 0. The molecule has 93 valence electrons. The zero-order valence-corrected chi connectivity index (χ0v) is 12.6. The lowest BCUT2D eigenvalue weighted by Crippen LogP contribution is -2.09. The molecule has 0 saturated heterocycles. The summed E-state index contributed by atoms with van der Waals surface area (Å²) in [5, 5.41) is 0. The monoisotopic (exact) mass is 247 g/mol. The molecule has 2 heteroatoms. The summed E-state index contributed by atoms with van der Waals surface area (Å²) in [5.74, 6) is 1.08. The predicted octanol–water partition coefficient (Wildman–Crippen LogP) is 4.48. The number of hydrogen-bond acceptors (Lipinski definition) is 1. The van der Waals surface area contributed by atoms with Gasteiger partial charge in [-0.3, -0.25) is 0 Å². The van der Waals surface area contributed by atoms with Crippen molar-refractivity contribution in [2.45, 2.75) is 59.0 Å². The molecule has 0 heterocycles. The predicted molar refractivity (Wildman–Crippen MR) is 74.5 cm³/mol. The van der Waals surface area contributed by atoms with Crippen LogP contribution in [0.2, 0.25) is 0 Å². The maximum absolute atomic E-state index is 5.42. The Kier molecular flexibility index (Phi) is 5.41. The van der Waals surface area contributed by atoms with Crippen LogP contribution in [0.25, 0.3) is 0 Å². The molecule has 0 aromatic heterocycles. The summed E-state index contributed by atoms with van der Waals surface area (Å²) in [5.41, 5.74) is 4.22. The first-order chi connectivity index (χ1) is 8.02. The highest BCUT2D eigenvalue weighted by Crippen LogP contribution is 2.34. The fourth-order valence-corrected chi connectivity index (χ4v) is 2.71. The van der Waals surface area contributed by atoms with Gasteiger partial charge in [0.25, 0.3) is 0 Å². The second kappa shape index (κ2) is 6.36. The zero-order valence-electron chi connectivity index (χ0n) is 11.6. The normalized spacial score (nSPS) is 13.4. The fraction of sp³-hybridized carbons (Fsp3) is 0.600. The molecule has 1 aromatic rings. The van der Waals surface area contributed by atoms with Crippen molar-refractivity contribution in [1.29, 1.82) is 0 Å². The van der Waals surface area contributed by atoms with Gasteiger partial charge in [-0.05, 0) is 34.9 Å². The van der Waals surface area contributed by atoms with Crippen molar-refractivity contribution in [3.8, 4) is 0 Å². The Morgan fingerprint density at radius 3 is 2.06 bits per heavy atom. The average molecular weight is 247 g/mol. The van der Waals surface area contributed by atoms with Gasteiger partial charge in [-0.2, -0.15) is 0 Å². The summed E-state index contributed by atoms with van der Waals surface area (Å²) in [6, 6.07) is 6.57. The van der Waals surface area contributed by atoms with Gasteiger partial charge in [0.2, 0.25) is 10.5 Å². The Morgan fingerprint density at radius 1 is 1.06 bits per heavy atom. The number of rotatable bonds is 5. The van der Waals surface area contributed by atoms with E-state index in [4.69, 9.17) is 4.43 Å². The molecular formula is C15H23OSi. The molecule has 17 heavy (non-hydrogen) atoms. The molecular weight excluding hydrogens is 224 g/mol. The van der Waals surface area contributed by atoms with Crippen molar-refractivity contribution < 1.29 is 4.43 Å². The third-order valence-corrected chi connectivity index (χ3v) is 3.52. The van der Waals surface area contributed by atoms with E-state index in [9.17, 15) is 0 Å². The van der Waals surface area contributed by atoms with Crippen LogP contribution in [0, 0.1) is 0 Å². The first kappa shape index (κ1) is 14.5. The summed E-state index contributed by atoms with van der Waals surface area (Å²) < 4.78 is 5.42. The van der Waals surface area contributed by atoms with Crippen LogP contribution in [-0.2, 0) is 4.43 Å². The van der Waals surface area contributed by atoms with Crippen LogP contribution in [0.4, 0.5) is 0 Å². The van der Waals surface area contributed by atoms with Gasteiger partial charge in [-0.1, -0.05) is 52.8 Å². The molecule has 1 aromatic carbocycles. The Labute approximate surface area is 109 Å². The first-order valence-corrected chi connectivity index (χ1v) is 6.88. The lowest BCUT2D eigenvalue weighted by atomic mass is 9.85. The van der Waals surface area contributed by atoms with Crippen LogP contribution in [0.15, 0.2) is 18.2 Å². The Bertz CT molecular complexity index is 354. The molecule has 0 fully saturated rings. The molecule has 1 rings (SSSR count). The number of benzene rings is 1. The molecule has 0 spiro atoms. The fourth-order valence-electron chi connectivity index (χ4n) is 2.42. The Balaban J connectivity index is 3.34. The maximum Gasteiger partial charge on any atom is 0.247 e. The minimum atomic E-state index is 0.141. The van der Waals surface area contributed by atoms with Gasteiger partial charge in [0.05, 0.1) is 6.10 Å². The molecule has 0 N–H and O–H groups in total. The SMILES string of the molecule is CCC(O[Si])c1cccc(C(C)C)c1C(C)C. The standard InChI is InChI=1S/C15H23OSi/c1-6-14(16-17)13-9-7-8-12(10(2)3)15(13)11(4)5/h7-11,14H,6H2,1-5H3. The quantitative estimate of drug-likeness (QED) is 0.697. The molecule has 1 unspecified atom stereocenters. The van der Waals surface area contributed by atoms with Crippen molar-refractivity contribution >= 4 is 10.5 Å². The molecule has 3 radical (unpaired) electrons. The van der Waals surface area contributed by atoms with Gasteiger partial charge < -0.3 is 4.43 Å². The van der Waals surface area contributed by atoms with Crippen LogP contribution < -0.4 is 0 Å². The van der Waals surface area contributed by atoms with Crippen molar-refractivity contribution in [2.24, 2.45) is 0 Å². The molecule has 0 aliphatic rings. The van der Waals surface area contributed by atoms with Crippen LogP contribution in [0.3, 0.4) is 0 Å². The topological polar surface area (TPSA) is 9.23 Å². The highest BCUT2D eigenvalue weighted by Gasteiger charge is 2.18. The minimum Gasteiger partial charge on any atom is -0.412 e. The second-order valence-corrected chi connectivity index (χ2v) is 5.41. The van der Waals surface area contributed by atoms with E-state index in [1.807, 2.05) is 0 Å². The van der Waals surface area contributed by atoms with E-state index in [0.717, 1.165) is 6.42 Å². The van der Waals surface area contributed by atoms with Gasteiger partial charge in [0.1, 0.15) is 0 Å². The van der Waals surface area contributed by atoms with E-state index in [0.29, 0.717) is 11.8 Å². The van der Waals surface area contributed by atoms with Gasteiger partial charge in [0, 0.05) is 0 Å². The van der Waals surface area contributed by atoms with E-state index >= 15 is 0 Å². The zero-order chi connectivity index (χ0) is 13.0. The largest absolute Gasteiger partial charge is 0.412 e. The molecule has 0 bridgehead atoms. The summed E-state index contributed by atoms with van der Waals surface area (Å²) in [6.45, 7) is 11.2. The summed E-state index contributed by atoms with van der Waals surface area (Å²) in [4.78, 5) is 0. The Hall–Kier alpha value is -0.603. The molecule has 0 saturated carbocycles. The molecule has 0 aliphatic carbocycles. The average Bonchev–Trinajstić information content (AvgIpc) is 2.30. The van der Waals surface area contributed by atoms with Crippen LogP contribution in [0.1, 0.15) is 75.7 Å². The smallest absolute Gasteiger partial charge is 0.247 e. The lowest BCUT2D eigenvalue weighted by molar-refractivity contribution is 0.220. The van der Waals surface area contributed by atoms with E-state index < -0.39 is 0 Å². The third kappa shape index (κ3) is 3.20. The highest BCUT2D eigenvalue weighted by molar-refractivity contribution is 5.98. The van der Waals surface area contributed by atoms with E-state index in [1.165, 1.54) is 16.7 Å². The molecule has 1 nitrogen and oxygen atoms in total.